The van der Waals surface area contributed by atoms with Crippen molar-refractivity contribution in [2.75, 3.05) is 0 Å². The van der Waals surface area contributed by atoms with Crippen molar-refractivity contribution in [2.45, 2.75) is 12.8 Å². The molecule has 2 rings (SSSR count). The summed E-state index contributed by atoms with van der Waals surface area (Å²) in [5, 5.41) is 11.3. The van der Waals surface area contributed by atoms with Crippen LogP contribution in [0.3, 0.4) is 0 Å². The molecule has 1 aromatic heterocycles. The van der Waals surface area contributed by atoms with E-state index in [-0.39, 0.29) is 0 Å². The molecule has 4 nitrogen and oxygen atoms in total. The van der Waals surface area contributed by atoms with Gasteiger partial charge in [0.05, 0.1) is 5.92 Å². The first-order valence-electron chi connectivity index (χ1n) is 5.07. The Labute approximate surface area is 103 Å². The van der Waals surface area contributed by atoms with Crippen LogP contribution < -0.4 is 4.74 Å². The van der Waals surface area contributed by atoms with Crippen molar-refractivity contribution >= 4 is 17.3 Å². The topological polar surface area (TPSA) is 59.4 Å². The minimum Gasteiger partial charge on any atom is -0.481 e. The Balaban J connectivity index is 2.30. The number of carboxylic acid groups (broad SMARTS) is 1. The zero-order valence-electron chi connectivity index (χ0n) is 9.16. The molecular formula is C12H11NO3S. The summed E-state index contributed by atoms with van der Waals surface area (Å²) in [5.41, 5.74) is 0.648. The van der Waals surface area contributed by atoms with Crippen molar-refractivity contribution in [3.05, 3.63) is 41.4 Å². The molecule has 0 saturated heterocycles. The Bertz CT molecular complexity index is 510. The fourth-order valence-electron chi connectivity index (χ4n) is 1.42. The zero-order valence-corrected chi connectivity index (χ0v) is 9.98. The van der Waals surface area contributed by atoms with Gasteiger partial charge in [0.2, 0.25) is 0 Å². The Kier molecular flexibility index (Phi) is 3.39. The van der Waals surface area contributed by atoms with E-state index in [0.29, 0.717) is 16.5 Å². The first-order valence-corrected chi connectivity index (χ1v) is 5.95. The van der Waals surface area contributed by atoms with Crippen LogP contribution in [0, 0.1) is 0 Å². The quantitative estimate of drug-likeness (QED) is 0.904. The Morgan fingerprint density at radius 3 is 2.88 bits per heavy atom. The highest BCUT2D eigenvalue weighted by molar-refractivity contribution is 7.11. The van der Waals surface area contributed by atoms with E-state index in [0.717, 1.165) is 0 Å². The molecule has 0 saturated carbocycles. The molecule has 2 aromatic rings. The molecule has 0 radical (unpaired) electrons. The number of carbonyl (C=O) groups is 1. The van der Waals surface area contributed by atoms with Crippen molar-refractivity contribution in [3.63, 3.8) is 0 Å². The lowest BCUT2D eigenvalue weighted by Crippen LogP contribution is -2.08. The van der Waals surface area contributed by atoms with E-state index in [1.165, 1.54) is 11.3 Å². The predicted octanol–water partition coefficient (Wildman–Crippen LogP) is 3.12. The fraction of sp³-hybridized carbons (Fsp3) is 0.167. The highest BCUT2D eigenvalue weighted by Gasteiger charge is 2.18. The van der Waals surface area contributed by atoms with Gasteiger partial charge in [0.25, 0.3) is 5.19 Å². The standard InChI is InChI=1S/C12H11NO3S/c1-8(11(14)15)9-4-2-3-5-10(9)16-12-13-6-7-17-12/h2-8H,1H3,(H,14,15). The number of hydrogen-bond acceptors (Lipinski definition) is 4. The molecule has 0 fully saturated rings. The molecule has 88 valence electrons. The lowest BCUT2D eigenvalue weighted by atomic mass is 10.0. The lowest BCUT2D eigenvalue weighted by Gasteiger charge is -2.11. The summed E-state index contributed by atoms with van der Waals surface area (Å²) in [5.74, 6) is -0.941. The third-order valence-electron chi connectivity index (χ3n) is 2.36. The van der Waals surface area contributed by atoms with Crippen LogP contribution in [0.4, 0.5) is 0 Å². The molecular weight excluding hydrogens is 238 g/mol. The zero-order chi connectivity index (χ0) is 12.3. The smallest absolute Gasteiger partial charge is 0.310 e. The van der Waals surface area contributed by atoms with E-state index in [1.54, 1.807) is 42.8 Å². The predicted molar refractivity (Wildman–Crippen MR) is 64.7 cm³/mol. The summed E-state index contributed by atoms with van der Waals surface area (Å²) in [6.45, 7) is 1.63. The molecule has 5 heteroatoms. The van der Waals surface area contributed by atoms with E-state index in [9.17, 15) is 4.79 Å². The first-order chi connectivity index (χ1) is 8.18. The third kappa shape index (κ3) is 2.62. The van der Waals surface area contributed by atoms with Gasteiger partial charge in [-0.3, -0.25) is 4.79 Å². The van der Waals surface area contributed by atoms with Gasteiger partial charge in [0.1, 0.15) is 5.75 Å². The van der Waals surface area contributed by atoms with Gasteiger partial charge in [-0.2, -0.15) is 0 Å². The van der Waals surface area contributed by atoms with E-state index < -0.39 is 11.9 Å². The molecule has 1 aromatic carbocycles. The number of rotatable bonds is 4. The van der Waals surface area contributed by atoms with Gasteiger partial charge in [-0.15, -0.1) is 0 Å². The number of thiazole rings is 1. The molecule has 0 aliphatic carbocycles. The summed E-state index contributed by atoms with van der Waals surface area (Å²) in [6.07, 6.45) is 1.64. The van der Waals surface area contributed by atoms with Gasteiger partial charge in [0.15, 0.2) is 0 Å². The van der Waals surface area contributed by atoms with E-state index in [1.807, 2.05) is 0 Å². The number of aliphatic carboxylic acids is 1. The van der Waals surface area contributed by atoms with E-state index in [4.69, 9.17) is 9.84 Å². The molecule has 1 N–H and O–H groups in total. The van der Waals surface area contributed by atoms with E-state index in [2.05, 4.69) is 4.98 Å². The molecule has 1 heterocycles. The van der Waals surface area contributed by atoms with Crippen molar-refractivity contribution in [1.29, 1.82) is 0 Å². The van der Waals surface area contributed by atoms with Crippen molar-refractivity contribution in [1.82, 2.24) is 4.98 Å². The highest BCUT2D eigenvalue weighted by Crippen LogP contribution is 2.31. The number of aromatic nitrogens is 1. The largest absolute Gasteiger partial charge is 0.481 e. The molecule has 0 aliphatic rings. The number of para-hydroxylation sites is 1. The second-order valence-electron chi connectivity index (χ2n) is 3.50. The molecule has 0 amide bonds. The monoisotopic (exact) mass is 249 g/mol. The fourth-order valence-corrected chi connectivity index (χ4v) is 1.92. The molecule has 0 spiro atoms. The second kappa shape index (κ2) is 4.97. The first kappa shape index (κ1) is 11.6. The van der Waals surface area contributed by atoms with Crippen LogP contribution in [-0.2, 0) is 4.79 Å². The SMILES string of the molecule is CC(C(=O)O)c1ccccc1Oc1nccs1. The van der Waals surface area contributed by atoms with Crippen LogP contribution in [0.5, 0.6) is 10.9 Å². The number of hydrogen-bond donors (Lipinski definition) is 1. The van der Waals surface area contributed by atoms with Gasteiger partial charge in [-0.05, 0) is 13.0 Å². The molecule has 1 unspecified atom stereocenters. The summed E-state index contributed by atoms with van der Waals surface area (Å²) in [6, 6.07) is 7.10. The molecule has 0 aliphatic heterocycles. The van der Waals surface area contributed by atoms with Crippen LogP contribution in [-0.4, -0.2) is 16.1 Å². The van der Waals surface area contributed by atoms with Gasteiger partial charge >= 0.3 is 5.97 Å². The molecule has 17 heavy (non-hydrogen) atoms. The Morgan fingerprint density at radius 2 is 2.24 bits per heavy atom. The average Bonchev–Trinajstić information content (AvgIpc) is 2.81. The summed E-state index contributed by atoms with van der Waals surface area (Å²) < 4.78 is 5.56. The van der Waals surface area contributed by atoms with Crippen molar-refractivity contribution in [3.8, 4) is 10.9 Å². The maximum absolute atomic E-state index is 11.0. The minimum absolute atomic E-state index is 0.509. The maximum Gasteiger partial charge on any atom is 0.310 e. The molecule has 0 bridgehead atoms. The number of carboxylic acids is 1. The summed E-state index contributed by atoms with van der Waals surface area (Å²) in [7, 11) is 0. The van der Waals surface area contributed by atoms with Crippen LogP contribution in [0.15, 0.2) is 35.8 Å². The summed E-state index contributed by atoms with van der Waals surface area (Å²) in [4.78, 5) is 15.0. The Morgan fingerprint density at radius 1 is 1.47 bits per heavy atom. The number of nitrogens with zero attached hydrogens (tertiary/aromatic N) is 1. The van der Waals surface area contributed by atoms with Gasteiger partial charge in [-0.1, -0.05) is 29.5 Å². The van der Waals surface area contributed by atoms with Gasteiger partial charge in [0, 0.05) is 17.1 Å². The third-order valence-corrected chi connectivity index (χ3v) is 3.01. The molecule has 1 atom stereocenters. The number of benzene rings is 1. The van der Waals surface area contributed by atoms with Gasteiger partial charge in [-0.25, -0.2) is 4.98 Å². The average molecular weight is 249 g/mol. The minimum atomic E-state index is -0.875. The van der Waals surface area contributed by atoms with Crippen LogP contribution in [0.2, 0.25) is 0 Å². The van der Waals surface area contributed by atoms with Crippen LogP contribution in [0.25, 0.3) is 0 Å². The Hall–Kier alpha value is -1.88. The van der Waals surface area contributed by atoms with Crippen LogP contribution in [0.1, 0.15) is 18.4 Å². The number of ether oxygens (including phenoxy) is 1. The maximum atomic E-state index is 11.0. The van der Waals surface area contributed by atoms with E-state index >= 15 is 0 Å². The highest BCUT2D eigenvalue weighted by atomic mass is 32.1. The normalized spacial score (nSPS) is 12.1. The van der Waals surface area contributed by atoms with Gasteiger partial charge < -0.3 is 9.84 Å². The lowest BCUT2D eigenvalue weighted by molar-refractivity contribution is -0.138. The van der Waals surface area contributed by atoms with Crippen molar-refractivity contribution in [2.24, 2.45) is 0 Å². The summed E-state index contributed by atoms with van der Waals surface area (Å²) >= 11 is 1.37. The van der Waals surface area contributed by atoms with Crippen LogP contribution >= 0.6 is 11.3 Å². The second-order valence-corrected chi connectivity index (χ2v) is 4.35. The van der Waals surface area contributed by atoms with Crippen molar-refractivity contribution < 1.29 is 14.6 Å².